The van der Waals surface area contributed by atoms with Crippen LogP contribution in [0.15, 0.2) is 17.6 Å². The molecular formula is C12H12ClN3O2S. The number of aromatic nitrogens is 2. The highest BCUT2D eigenvalue weighted by Crippen LogP contribution is 2.18. The molecule has 100 valence electrons. The number of pyridine rings is 1. The molecule has 2 aromatic heterocycles. The Kier molecular flexibility index (Phi) is 4.34. The van der Waals surface area contributed by atoms with Gasteiger partial charge < -0.3 is 10.4 Å². The minimum atomic E-state index is -1.06. The first-order chi connectivity index (χ1) is 9.06. The molecule has 2 rings (SSSR count). The van der Waals surface area contributed by atoms with Gasteiger partial charge in [0.05, 0.1) is 15.6 Å². The van der Waals surface area contributed by atoms with E-state index in [4.69, 9.17) is 16.7 Å². The van der Waals surface area contributed by atoms with Gasteiger partial charge >= 0.3 is 5.97 Å². The van der Waals surface area contributed by atoms with Gasteiger partial charge in [0.15, 0.2) is 0 Å². The fourth-order valence-electron chi connectivity index (χ4n) is 1.51. The van der Waals surface area contributed by atoms with E-state index in [9.17, 15) is 4.79 Å². The molecule has 0 amide bonds. The van der Waals surface area contributed by atoms with E-state index in [0.29, 0.717) is 12.4 Å². The van der Waals surface area contributed by atoms with Gasteiger partial charge in [-0.2, -0.15) is 0 Å². The molecule has 0 radical (unpaired) electrons. The number of carbonyl (C=O) groups is 1. The van der Waals surface area contributed by atoms with Crippen LogP contribution in [0, 0.1) is 6.92 Å². The number of carboxylic acid groups (broad SMARTS) is 1. The van der Waals surface area contributed by atoms with Crippen molar-refractivity contribution in [3.05, 3.63) is 38.9 Å². The van der Waals surface area contributed by atoms with Gasteiger partial charge in [0.25, 0.3) is 0 Å². The van der Waals surface area contributed by atoms with Crippen molar-refractivity contribution in [3.63, 3.8) is 0 Å². The average Bonchev–Trinajstić information content (AvgIpc) is 2.77. The zero-order chi connectivity index (χ0) is 13.8. The second kappa shape index (κ2) is 5.99. The molecule has 0 spiro atoms. The van der Waals surface area contributed by atoms with Gasteiger partial charge in [0, 0.05) is 30.2 Å². The summed E-state index contributed by atoms with van der Waals surface area (Å²) >= 11 is 7.35. The summed E-state index contributed by atoms with van der Waals surface area (Å²) in [5, 5.41) is 15.2. The Balaban J connectivity index is 1.96. The zero-order valence-corrected chi connectivity index (χ0v) is 11.8. The normalized spacial score (nSPS) is 10.4. The fourth-order valence-corrected chi connectivity index (χ4v) is 2.47. The molecule has 0 unspecified atom stereocenters. The molecule has 0 atom stereocenters. The molecule has 0 fully saturated rings. The summed E-state index contributed by atoms with van der Waals surface area (Å²) in [4.78, 5) is 19.3. The van der Waals surface area contributed by atoms with Gasteiger partial charge in [-0.15, -0.1) is 11.3 Å². The first kappa shape index (κ1) is 13.8. The first-order valence-electron chi connectivity index (χ1n) is 5.60. The molecule has 7 heteroatoms. The monoisotopic (exact) mass is 297 g/mol. The van der Waals surface area contributed by atoms with Crippen molar-refractivity contribution in [3.8, 4) is 0 Å². The number of rotatable bonds is 5. The molecule has 2 aromatic rings. The highest BCUT2D eigenvalue weighted by atomic mass is 35.5. The summed E-state index contributed by atoms with van der Waals surface area (Å²) in [6.07, 6.45) is 2.10. The third-order valence-electron chi connectivity index (χ3n) is 2.40. The van der Waals surface area contributed by atoms with Crippen LogP contribution in [-0.4, -0.2) is 27.6 Å². The van der Waals surface area contributed by atoms with Crippen LogP contribution in [0.2, 0.25) is 5.02 Å². The predicted molar refractivity (Wildman–Crippen MR) is 75.3 cm³/mol. The van der Waals surface area contributed by atoms with Crippen LogP contribution < -0.4 is 5.32 Å². The van der Waals surface area contributed by atoms with E-state index in [1.54, 1.807) is 11.3 Å². The van der Waals surface area contributed by atoms with Crippen molar-refractivity contribution < 1.29 is 9.90 Å². The van der Waals surface area contributed by atoms with Crippen LogP contribution in [0.25, 0.3) is 0 Å². The van der Waals surface area contributed by atoms with Crippen molar-refractivity contribution in [2.24, 2.45) is 0 Å². The number of nitrogens with one attached hydrogen (secondary N) is 1. The summed E-state index contributed by atoms with van der Waals surface area (Å²) in [5.41, 5.74) is 1.06. The summed E-state index contributed by atoms with van der Waals surface area (Å²) in [7, 11) is 0. The van der Waals surface area contributed by atoms with E-state index in [-0.39, 0.29) is 10.6 Å². The van der Waals surface area contributed by atoms with E-state index in [1.807, 2.05) is 12.3 Å². The van der Waals surface area contributed by atoms with E-state index in [1.165, 1.54) is 12.3 Å². The molecule has 0 aliphatic rings. The van der Waals surface area contributed by atoms with Gasteiger partial charge in [-0.05, 0) is 13.0 Å². The Labute approximate surface area is 119 Å². The maximum absolute atomic E-state index is 10.9. The minimum Gasteiger partial charge on any atom is -0.478 e. The molecular weight excluding hydrogens is 286 g/mol. The van der Waals surface area contributed by atoms with Crippen LogP contribution >= 0.6 is 22.9 Å². The van der Waals surface area contributed by atoms with Gasteiger partial charge in [-0.1, -0.05) is 11.6 Å². The molecule has 0 bridgehead atoms. The number of nitrogens with zero attached hydrogens (tertiary/aromatic N) is 2. The van der Waals surface area contributed by atoms with Crippen molar-refractivity contribution in [2.45, 2.75) is 13.3 Å². The van der Waals surface area contributed by atoms with Gasteiger partial charge in [-0.25, -0.2) is 14.8 Å². The summed E-state index contributed by atoms with van der Waals surface area (Å²) < 4.78 is 0. The SMILES string of the molecule is Cc1csc(CCNc2cc(C(=O)O)c(Cl)cn2)n1. The third kappa shape index (κ3) is 3.65. The molecule has 0 aromatic carbocycles. The first-order valence-corrected chi connectivity index (χ1v) is 6.85. The number of aryl methyl sites for hydroxylation is 1. The number of carboxylic acids is 1. The topological polar surface area (TPSA) is 75.1 Å². The Morgan fingerprint density at radius 3 is 3.00 bits per heavy atom. The van der Waals surface area contributed by atoms with Crippen LogP contribution in [0.5, 0.6) is 0 Å². The fraction of sp³-hybridized carbons (Fsp3) is 0.250. The van der Waals surface area contributed by atoms with Crippen LogP contribution in [0.1, 0.15) is 21.1 Å². The molecule has 2 heterocycles. The minimum absolute atomic E-state index is 0.0456. The number of hydrogen-bond acceptors (Lipinski definition) is 5. The van der Waals surface area contributed by atoms with Gasteiger partial charge in [0.1, 0.15) is 5.82 Å². The van der Waals surface area contributed by atoms with E-state index in [0.717, 1.165) is 17.1 Å². The molecule has 2 N–H and O–H groups in total. The van der Waals surface area contributed by atoms with Gasteiger partial charge in [0.2, 0.25) is 0 Å². The quantitative estimate of drug-likeness (QED) is 0.887. The summed E-state index contributed by atoms with van der Waals surface area (Å²) in [6, 6.07) is 1.43. The Hall–Kier alpha value is -1.66. The second-order valence-corrected chi connectivity index (χ2v) is 5.26. The summed E-state index contributed by atoms with van der Waals surface area (Å²) in [6.45, 7) is 2.59. The number of hydrogen-bond donors (Lipinski definition) is 2. The molecule has 19 heavy (non-hydrogen) atoms. The lowest BCUT2D eigenvalue weighted by atomic mass is 10.2. The van der Waals surface area contributed by atoms with E-state index >= 15 is 0 Å². The number of aromatic carboxylic acids is 1. The maximum Gasteiger partial charge on any atom is 0.337 e. The predicted octanol–water partition coefficient (Wildman–Crippen LogP) is 2.85. The lowest BCUT2D eigenvalue weighted by Crippen LogP contribution is -2.08. The Bertz CT molecular complexity index is 600. The number of halogens is 1. The standard InChI is InChI=1S/C12H12ClN3O2S/c1-7-6-19-11(16-7)2-3-14-10-4-8(12(17)18)9(13)5-15-10/h4-6H,2-3H2,1H3,(H,14,15)(H,17,18). The van der Waals surface area contributed by atoms with Crippen LogP contribution in [0.4, 0.5) is 5.82 Å². The van der Waals surface area contributed by atoms with Crippen molar-refractivity contribution in [1.82, 2.24) is 9.97 Å². The van der Waals surface area contributed by atoms with Crippen molar-refractivity contribution in [1.29, 1.82) is 0 Å². The third-order valence-corrected chi connectivity index (χ3v) is 3.72. The number of thiazole rings is 1. The molecule has 0 saturated heterocycles. The largest absolute Gasteiger partial charge is 0.478 e. The maximum atomic E-state index is 10.9. The van der Waals surface area contributed by atoms with Crippen molar-refractivity contribution >= 4 is 34.7 Å². The van der Waals surface area contributed by atoms with Crippen LogP contribution in [-0.2, 0) is 6.42 Å². The molecule has 5 nitrogen and oxygen atoms in total. The molecule has 0 aliphatic carbocycles. The van der Waals surface area contributed by atoms with E-state index in [2.05, 4.69) is 15.3 Å². The lowest BCUT2D eigenvalue weighted by Gasteiger charge is -2.06. The van der Waals surface area contributed by atoms with Crippen molar-refractivity contribution in [2.75, 3.05) is 11.9 Å². The lowest BCUT2D eigenvalue weighted by molar-refractivity contribution is 0.0697. The average molecular weight is 298 g/mol. The second-order valence-electron chi connectivity index (χ2n) is 3.91. The Morgan fingerprint density at radius 2 is 2.37 bits per heavy atom. The highest BCUT2D eigenvalue weighted by molar-refractivity contribution is 7.09. The number of anilines is 1. The van der Waals surface area contributed by atoms with Gasteiger partial charge in [-0.3, -0.25) is 0 Å². The van der Waals surface area contributed by atoms with E-state index < -0.39 is 5.97 Å². The molecule has 0 aliphatic heterocycles. The summed E-state index contributed by atoms with van der Waals surface area (Å²) in [5.74, 6) is -0.568. The highest BCUT2D eigenvalue weighted by Gasteiger charge is 2.10. The molecule has 0 saturated carbocycles. The zero-order valence-electron chi connectivity index (χ0n) is 10.2. The smallest absolute Gasteiger partial charge is 0.337 e. The Morgan fingerprint density at radius 1 is 1.58 bits per heavy atom. The van der Waals surface area contributed by atoms with Crippen LogP contribution in [0.3, 0.4) is 0 Å².